The quantitative estimate of drug-likeness (QED) is 0.843. The van der Waals surface area contributed by atoms with E-state index in [4.69, 9.17) is 0 Å². The van der Waals surface area contributed by atoms with Crippen molar-refractivity contribution in [2.45, 2.75) is 6.92 Å². The van der Waals surface area contributed by atoms with Crippen LogP contribution < -0.4 is 5.32 Å². The predicted molar refractivity (Wildman–Crippen MR) is 60.2 cm³/mol. The molecule has 0 fully saturated rings. The van der Waals surface area contributed by atoms with Crippen molar-refractivity contribution in [1.82, 2.24) is 9.78 Å². The Morgan fingerprint density at radius 2 is 2.40 bits per heavy atom. The SMILES string of the molecule is Cc1csc(C(=O)Nc2cnn(C)c2)c1. The lowest BCUT2D eigenvalue weighted by Crippen LogP contribution is -2.09. The van der Waals surface area contributed by atoms with Crippen LogP contribution in [0.4, 0.5) is 5.69 Å². The first-order valence-corrected chi connectivity index (χ1v) is 5.38. The largest absolute Gasteiger partial charge is 0.319 e. The molecule has 0 aliphatic carbocycles. The van der Waals surface area contributed by atoms with Crippen LogP contribution in [0, 0.1) is 6.92 Å². The highest BCUT2D eigenvalue weighted by Gasteiger charge is 2.08. The van der Waals surface area contributed by atoms with Gasteiger partial charge in [0.05, 0.1) is 16.8 Å². The second-order valence-corrected chi connectivity index (χ2v) is 4.26. The van der Waals surface area contributed by atoms with E-state index in [0.717, 1.165) is 10.4 Å². The topological polar surface area (TPSA) is 46.9 Å². The van der Waals surface area contributed by atoms with Crippen molar-refractivity contribution < 1.29 is 4.79 Å². The van der Waals surface area contributed by atoms with Crippen LogP contribution in [0.1, 0.15) is 15.2 Å². The number of carbonyl (C=O) groups excluding carboxylic acids is 1. The van der Waals surface area contributed by atoms with Gasteiger partial charge in [0.25, 0.3) is 5.91 Å². The summed E-state index contributed by atoms with van der Waals surface area (Å²) in [5, 5.41) is 8.71. The van der Waals surface area contributed by atoms with E-state index < -0.39 is 0 Å². The molecule has 0 saturated carbocycles. The van der Waals surface area contributed by atoms with Gasteiger partial charge in [-0.2, -0.15) is 5.10 Å². The van der Waals surface area contributed by atoms with Crippen molar-refractivity contribution in [3.63, 3.8) is 0 Å². The zero-order valence-corrected chi connectivity index (χ0v) is 9.34. The molecular formula is C10H11N3OS. The first-order chi connectivity index (χ1) is 7.15. The second kappa shape index (κ2) is 3.86. The monoisotopic (exact) mass is 221 g/mol. The Morgan fingerprint density at radius 1 is 1.60 bits per heavy atom. The molecule has 78 valence electrons. The summed E-state index contributed by atoms with van der Waals surface area (Å²) in [4.78, 5) is 12.4. The van der Waals surface area contributed by atoms with Crippen LogP contribution in [0.25, 0.3) is 0 Å². The highest BCUT2D eigenvalue weighted by molar-refractivity contribution is 7.12. The number of carbonyl (C=O) groups is 1. The Morgan fingerprint density at radius 3 is 2.93 bits per heavy atom. The molecule has 0 saturated heterocycles. The van der Waals surface area contributed by atoms with Gasteiger partial charge in [-0.1, -0.05) is 0 Å². The first-order valence-electron chi connectivity index (χ1n) is 4.50. The van der Waals surface area contributed by atoms with E-state index in [1.165, 1.54) is 11.3 Å². The Balaban J connectivity index is 2.10. The molecule has 0 radical (unpaired) electrons. The maximum absolute atomic E-state index is 11.7. The summed E-state index contributed by atoms with van der Waals surface area (Å²) < 4.78 is 1.65. The van der Waals surface area contributed by atoms with Gasteiger partial charge in [0, 0.05) is 13.2 Å². The number of thiophene rings is 1. The number of aromatic nitrogens is 2. The Labute approximate surface area is 91.5 Å². The minimum atomic E-state index is -0.0823. The van der Waals surface area contributed by atoms with Crippen LogP contribution in [0.2, 0.25) is 0 Å². The summed E-state index contributed by atoms with van der Waals surface area (Å²) >= 11 is 1.44. The summed E-state index contributed by atoms with van der Waals surface area (Å²) in [6.07, 6.45) is 3.39. The van der Waals surface area contributed by atoms with Crippen LogP contribution in [0.15, 0.2) is 23.8 Å². The molecule has 0 spiro atoms. The normalized spacial score (nSPS) is 10.3. The van der Waals surface area contributed by atoms with Gasteiger partial charge < -0.3 is 5.32 Å². The second-order valence-electron chi connectivity index (χ2n) is 3.35. The molecule has 0 aliphatic rings. The maximum atomic E-state index is 11.7. The van der Waals surface area contributed by atoms with Crippen LogP contribution in [0.5, 0.6) is 0 Å². The van der Waals surface area contributed by atoms with E-state index in [1.54, 1.807) is 17.1 Å². The number of amides is 1. The number of nitrogens with zero attached hydrogens (tertiary/aromatic N) is 2. The molecule has 2 heterocycles. The van der Waals surface area contributed by atoms with Crippen molar-refractivity contribution in [2.24, 2.45) is 7.05 Å². The van der Waals surface area contributed by atoms with Crippen molar-refractivity contribution in [2.75, 3.05) is 5.32 Å². The smallest absolute Gasteiger partial charge is 0.265 e. The summed E-state index contributed by atoms with van der Waals surface area (Å²) in [5.74, 6) is -0.0823. The zero-order valence-electron chi connectivity index (χ0n) is 8.52. The molecule has 0 aromatic carbocycles. The minimum Gasteiger partial charge on any atom is -0.319 e. The molecule has 1 amide bonds. The molecule has 2 aromatic rings. The molecule has 0 bridgehead atoms. The lowest BCUT2D eigenvalue weighted by Gasteiger charge is -1.98. The van der Waals surface area contributed by atoms with Gasteiger partial charge in [-0.3, -0.25) is 9.48 Å². The molecule has 1 N–H and O–H groups in total. The number of hydrogen-bond donors (Lipinski definition) is 1. The molecule has 0 atom stereocenters. The lowest BCUT2D eigenvalue weighted by molar-refractivity contribution is 0.103. The van der Waals surface area contributed by atoms with E-state index in [1.807, 2.05) is 25.4 Å². The predicted octanol–water partition coefficient (Wildman–Crippen LogP) is 2.04. The van der Waals surface area contributed by atoms with Gasteiger partial charge in [-0.15, -0.1) is 11.3 Å². The van der Waals surface area contributed by atoms with Gasteiger partial charge in [-0.05, 0) is 23.9 Å². The van der Waals surface area contributed by atoms with Crippen molar-refractivity contribution in [3.8, 4) is 0 Å². The van der Waals surface area contributed by atoms with Crippen LogP contribution in [-0.4, -0.2) is 15.7 Å². The molecule has 15 heavy (non-hydrogen) atoms. The minimum absolute atomic E-state index is 0.0823. The van der Waals surface area contributed by atoms with Gasteiger partial charge in [0.15, 0.2) is 0 Å². The molecule has 4 nitrogen and oxygen atoms in total. The fourth-order valence-electron chi connectivity index (χ4n) is 1.23. The van der Waals surface area contributed by atoms with Gasteiger partial charge >= 0.3 is 0 Å². The first kappa shape index (κ1) is 9.92. The summed E-state index contributed by atoms with van der Waals surface area (Å²) in [5.41, 5.74) is 1.82. The number of nitrogens with one attached hydrogen (secondary N) is 1. The molecule has 0 aliphatic heterocycles. The highest BCUT2D eigenvalue weighted by Crippen LogP contribution is 2.15. The molecule has 2 rings (SSSR count). The Kier molecular flexibility index (Phi) is 2.55. The molecular weight excluding hydrogens is 210 g/mol. The van der Waals surface area contributed by atoms with Crippen LogP contribution >= 0.6 is 11.3 Å². The fraction of sp³-hybridized carbons (Fsp3) is 0.200. The van der Waals surface area contributed by atoms with Crippen molar-refractivity contribution in [3.05, 3.63) is 34.3 Å². The third-order valence-corrected chi connectivity index (χ3v) is 2.96. The maximum Gasteiger partial charge on any atom is 0.265 e. The average molecular weight is 221 g/mol. The van der Waals surface area contributed by atoms with Gasteiger partial charge in [0.2, 0.25) is 0 Å². The number of rotatable bonds is 2. The summed E-state index contributed by atoms with van der Waals surface area (Å²) in [6, 6.07) is 1.87. The summed E-state index contributed by atoms with van der Waals surface area (Å²) in [7, 11) is 1.81. The average Bonchev–Trinajstić information content (AvgIpc) is 2.75. The van der Waals surface area contributed by atoms with E-state index in [-0.39, 0.29) is 5.91 Å². The third kappa shape index (κ3) is 2.24. The molecule has 2 aromatic heterocycles. The van der Waals surface area contributed by atoms with E-state index in [9.17, 15) is 4.79 Å². The Hall–Kier alpha value is -1.62. The molecule has 0 unspecified atom stereocenters. The van der Waals surface area contributed by atoms with E-state index >= 15 is 0 Å². The van der Waals surface area contributed by atoms with E-state index in [2.05, 4.69) is 10.4 Å². The zero-order chi connectivity index (χ0) is 10.8. The fourth-order valence-corrected chi connectivity index (χ4v) is 2.02. The van der Waals surface area contributed by atoms with Gasteiger partial charge in [0.1, 0.15) is 0 Å². The highest BCUT2D eigenvalue weighted by atomic mass is 32.1. The molecule has 5 heteroatoms. The van der Waals surface area contributed by atoms with Crippen LogP contribution in [-0.2, 0) is 7.05 Å². The lowest BCUT2D eigenvalue weighted by atomic mass is 10.3. The number of aryl methyl sites for hydroxylation is 2. The van der Waals surface area contributed by atoms with Crippen molar-refractivity contribution >= 4 is 22.9 Å². The van der Waals surface area contributed by atoms with Gasteiger partial charge in [-0.25, -0.2) is 0 Å². The Bertz CT molecular complexity index is 486. The number of hydrogen-bond acceptors (Lipinski definition) is 3. The van der Waals surface area contributed by atoms with Crippen molar-refractivity contribution in [1.29, 1.82) is 0 Å². The third-order valence-electron chi connectivity index (χ3n) is 1.92. The standard InChI is InChI=1S/C10H11N3OS/c1-7-3-9(15-6-7)10(14)12-8-4-11-13(2)5-8/h3-6H,1-2H3,(H,12,14). The van der Waals surface area contributed by atoms with Crippen LogP contribution in [0.3, 0.4) is 0 Å². The summed E-state index contributed by atoms with van der Waals surface area (Å²) in [6.45, 7) is 1.97. The number of anilines is 1. The van der Waals surface area contributed by atoms with E-state index in [0.29, 0.717) is 5.69 Å².